The van der Waals surface area contributed by atoms with Crippen LogP contribution in [0.3, 0.4) is 0 Å². The molecule has 0 saturated carbocycles. The Morgan fingerprint density at radius 2 is 0.447 bits per heavy atom. The lowest BCUT2D eigenvalue weighted by Gasteiger charge is -2.35. The Kier molecular flexibility index (Phi) is 59.8. The number of unbranched alkanes of at least 4 members (excludes halogenated alkanes) is 11. The normalized spacial score (nSPS) is 11.7. The van der Waals surface area contributed by atoms with Crippen LogP contribution >= 0.6 is 0 Å². The van der Waals surface area contributed by atoms with Crippen molar-refractivity contribution in [2.24, 2.45) is 21.7 Å². The van der Waals surface area contributed by atoms with Gasteiger partial charge in [0.25, 0.3) is 0 Å². The average molecular weight is 2030 g/mol. The van der Waals surface area contributed by atoms with E-state index in [4.69, 9.17) is 42.6 Å². The lowest BCUT2D eigenvalue weighted by atomic mass is 9.71. The SMILES string of the molecule is CCCCC(CCCC#CCCCC(CCCC#CCCCC(CCCOCc1ccccc1)(CCCOCc1ccccc1)CCCOCc1ccccc1)(CCCC#CCCCC(CCCOCc1ccccc1)(CCCOCc1ccccc1)CCCOCc1ccccc1)CCC(=O)CCCCCCCNC(=O)OCc1c2ccccc2cc2ccccc12)(CCCOCc1ccccc1)CCCOCc1ccccc1. The van der Waals surface area contributed by atoms with Crippen LogP contribution in [0.1, 0.15) is 346 Å². The van der Waals surface area contributed by atoms with Gasteiger partial charge in [-0.25, -0.2) is 4.79 Å². The fourth-order valence-electron chi connectivity index (χ4n) is 22.1. The van der Waals surface area contributed by atoms with E-state index in [1.54, 1.807) is 0 Å². The zero-order valence-corrected chi connectivity index (χ0v) is 91.3. The zero-order valence-electron chi connectivity index (χ0n) is 91.3. The van der Waals surface area contributed by atoms with Crippen LogP contribution in [0.2, 0.25) is 0 Å². The van der Waals surface area contributed by atoms with E-state index < -0.39 is 6.09 Å². The first-order valence-corrected chi connectivity index (χ1v) is 57.8. The number of alkyl carbamates (subject to hydrolysis) is 1. The summed E-state index contributed by atoms with van der Waals surface area (Å²) < 4.78 is 57.0. The van der Waals surface area contributed by atoms with E-state index in [0.717, 1.165) is 337 Å². The number of carbonyl (C=O) groups excluding carboxylic acids is 2. The number of amides is 1. The van der Waals surface area contributed by atoms with Crippen LogP contribution in [-0.4, -0.2) is 71.3 Å². The molecule has 0 atom stereocenters. The molecule has 0 unspecified atom stereocenters. The van der Waals surface area contributed by atoms with Crippen molar-refractivity contribution in [3.05, 3.63) is 347 Å². The van der Waals surface area contributed by atoms with Crippen molar-refractivity contribution in [2.75, 3.05) is 59.4 Å². The molecule has 11 aromatic rings. The lowest BCUT2D eigenvalue weighted by Crippen LogP contribution is -2.25. The van der Waals surface area contributed by atoms with Crippen molar-refractivity contribution in [1.82, 2.24) is 5.32 Å². The van der Waals surface area contributed by atoms with E-state index in [2.05, 4.69) is 321 Å². The third-order valence-corrected chi connectivity index (χ3v) is 30.4. The highest BCUT2D eigenvalue weighted by molar-refractivity contribution is 6.02. The smallest absolute Gasteiger partial charge is 0.407 e. The number of fused-ring (bicyclic) bond motifs is 2. The van der Waals surface area contributed by atoms with Crippen molar-refractivity contribution < 1.29 is 52.2 Å². The third-order valence-electron chi connectivity index (χ3n) is 30.4. The molecular formula is C138H179NO11. The predicted molar refractivity (Wildman–Crippen MR) is 620 cm³/mol. The quantitative estimate of drug-likeness (QED) is 0.0222. The Labute approximate surface area is 904 Å². The van der Waals surface area contributed by atoms with E-state index in [0.29, 0.717) is 78.0 Å². The summed E-state index contributed by atoms with van der Waals surface area (Å²) in [5.41, 5.74) is 11.0. The molecule has 150 heavy (non-hydrogen) atoms. The van der Waals surface area contributed by atoms with E-state index in [9.17, 15) is 9.59 Å². The fourth-order valence-corrected chi connectivity index (χ4v) is 22.1. The van der Waals surface area contributed by atoms with Crippen LogP contribution in [0.15, 0.2) is 297 Å². The topological polar surface area (TPSA) is 129 Å². The second-order valence-electron chi connectivity index (χ2n) is 42.3. The molecular weight excluding hydrogens is 1850 g/mol. The summed E-state index contributed by atoms with van der Waals surface area (Å²) in [5.74, 6) is 23.0. The van der Waals surface area contributed by atoms with Crippen molar-refractivity contribution in [2.45, 2.75) is 355 Å². The molecule has 0 fully saturated rings. The van der Waals surface area contributed by atoms with E-state index in [1.807, 2.05) is 24.3 Å². The maximum Gasteiger partial charge on any atom is 0.407 e. The molecule has 0 aliphatic carbocycles. The summed E-state index contributed by atoms with van der Waals surface area (Å²) in [7, 11) is 0. The largest absolute Gasteiger partial charge is 0.445 e. The standard InChI is InChI=1S/C138H179NO11/c1-2-3-85-135(92-55-102-142-111-120-63-27-19-28-64-120,93-56-103-143-112-121-65-29-20-30-66-121)86-48-12-4-7-15-51-89-138(100-84-130(140)81-43-11-10-18-54-101-139-134(141)150-119-133-131-82-46-44-79-128(131)110-129-80-45-47-83-132(129)133,90-52-16-8-5-13-49-87-136(94-57-104-144-113-122-67-31-21-32-68-122,95-58-105-145-114-123-69-33-22-34-70-123)96-59-106-146-115-124-71-35-23-36-72-124)91-53-17-9-6-14-50-88-137(97-60-107-147-116-125-73-37-24-38-74-125,98-61-108-148-117-126-75-39-25-40-76-126)99-62-109-149-118-127-77-41-26-42-78-127/h19-42,44-47,63-80,82-83,110H,2-3,10-18,43,48-62,81,84-109,111-119H2,1H3,(H,139,141). The van der Waals surface area contributed by atoms with Crippen molar-refractivity contribution >= 4 is 33.4 Å². The van der Waals surface area contributed by atoms with Crippen LogP contribution in [0.4, 0.5) is 4.79 Å². The molecule has 0 bridgehead atoms. The number of ketones is 1. The zero-order chi connectivity index (χ0) is 104. The molecule has 0 heterocycles. The minimum absolute atomic E-state index is 0.0773. The number of carbonyl (C=O) groups is 2. The molecule has 11 aromatic carbocycles. The Morgan fingerprint density at radius 3 is 0.707 bits per heavy atom. The molecule has 0 aliphatic rings. The van der Waals surface area contributed by atoms with Crippen LogP contribution in [0.25, 0.3) is 21.5 Å². The molecule has 0 aromatic heterocycles. The van der Waals surface area contributed by atoms with Gasteiger partial charge in [-0.1, -0.05) is 330 Å². The number of ether oxygens (including phenoxy) is 9. The maximum atomic E-state index is 14.7. The molecule has 12 heteroatoms. The van der Waals surface area contributed by atoms with Gasteiger partial charge in [0.2, 0.25) is 0 Å². The van der Waals surface area contributed by atoms with E-state index in [-0.39, 0.29) is 28.3 Å². The third kappa shape index (κ3) is 50.2. The van der Waals surface area contributed by atoms with Gasteiger partial charge >= 0.3 is 6.09 Å². The highest BCUT2D eigenvalue weighted by atomic mass is 16.5. The number of rotatable bonds is 82. The second-order valence-corrected chi connectivity index (χ2v) is 42.3. The van der Waals surface area contributed by atoms with Gasteiger partial charge in [0.15, 0.2) is 0 Å². The van der Waals surface area contributed by atoms with Crippen LogP contribution in [0, 0.1) is 57.2 Å². The molecule has 11 rings (SSSR count). The second kappa shape index (κ2) is 75.1. The Balaban J connectivity index is 0.784. The van der Waals surface area contributed by atoms with E-state index in [1.165, 1.54) is 63.8 Å². The van der Waals surface area contributed by atoms with Gasteiger partial charge in [-0.2, -0.15) is 0 Å². The summed E-state index contributed by atoms with van der Waals surface area (Å²) >= 11 is 0. The molecule has 802 valence electrons. The minimum atomic E-state index is -0.399. The summed E-state index contributed by atoms with van der Waals surface area (Å²) in [6, 6.07) is 103. The van der Waals surface area contributed by atoms with Gasteiger partial charge in [-0.3, -0.25) is 4.79 Å². The minimum Gasteiger partial charge on any atom is -0.445 e. The van der Waals surface area contributed by atoms with Crippen molar-refractivity contribution in [1.29, 1.82) is 0 Å². The summed E-state index contributed by atoms with van der Waals surface area (Å²) in [5, 5.41) is 7.48. The van der Waals surface area contributed by atoms with Crippen LogP contribution < -0.4 is 5.32 Å². The monoisotopic (exact) mass is 2030 g/mol. The highest BCUT2D eigenvalue weighted by Crippen LogP contribution is 2.46. The first-order valence-electron chi connectivity index (χ1n) is 57.8. The summed E-state index contributed by atoms with van der Waals surface area (Å²) in [4.78, 5) is 27.9. The Hall–Kier alpha value is -10.8. The number of hydrogen-bond donors (Lipinski definition) is 1. The first-order chi connectivity index (χ1) is 74.1. The van der Waals surface area contributed by atoms with Gasteiger partial charge in [0.1, 0.15) is 12.4 Å². The van der Waals surface area contributed by atoms with Crippen molar-refractivity contribution in [3.8, 4) is 35.5 Å². The first kappa shape index (κ1) is 119. The molecule has 0 saturated heterocycles. The van der Waals surface area contributed by atoms with Gasteiger partial charge in [-0.15, -0.1) is 35.5 Å². The van der Waals surface area contributed by atoms with Crippen LogP contribution in [-0.2, 0) is 107 Å². The summed E-state index contributed by atoms with van der Waals surface area (Å²) in [6.45, 7) is 13.9. The molecule has 12 nitrogen and oxygen atoms in total. The predicted octanol–water partition coefficient (Wildman–Crippen LogP) is 35.1. The maximum absolute atomic E-state index is 14.7. The van der Waals surface area contributed by atoms with Crippen LogP contribution in [0.5, 0.6) is 0 Å². The van der Waals surface area contributed by atoms with Crippen molar-refractivity contribution in [3.63, 3.8) is 0 Å². The molecule has 0 aliphatic heterocycles. The average Bonchev–Trinajstić information content (AvgIpc) is 0.774. The number of benzene rings is 11. The van der Waals surface area contributed by atoms with Gasteiger partial charge in [0.05, 0.1) is 52.9 Å². The summed E-state index contributed by atoms with van der Waals surface area (Å²) in [6.07, 6.45) is 44.1. The molecule has 0 radical (unpaired) electrons. The Bertz CT molecular complexity index is 5000. The lowest BCUT2D eigenvalue weighted by molar-refractivity contribution is -0.120. The molecule has 1 amide bonds. The molecule has 0 spiro atoms. The number of nitrogens with one attached hydrogen (secondary N) is 1. The molecule has 1 N–H and O–H groups in total. The van der Waals surface area contributed by atoms with Gasteiger partial charge in [0, 0.05) is 116 Å². The fraction of sp³-hybridized carbons (Fsp3) is 0.493. The van der Waals surface area contributed by atoms with Gasteiger partial charge in [-0.05, 0) is 299 Å². The highest BCUT2D eigenvalue weighted by Gasteiger charge is 2.34. The Morgan fingerprint density at radius 1 is 0.227 bits per heavy atom. The van der Waals surface area contributed by atoms with Gasteiger partial charge < -0.3 is 47.9 Å². The number of hydrogen-bond acceptors (Lipinski definition) is 11. The van der Waals surface area contributed by atoms with E-state index >= 15 is 0 Å². The number of Topliss-reactive ketones (excluding diaryl/α,β-unsaturated/α-hetero) is 1.